The zero-order chi connectivity index (χ0) is 17.3. The first kappa shape index (κ1) is 16.0. The van der Waals surface area contributed by atoms with Crippen molar-refractivity contribution in [3.8, 4) is 0 Å². The van der Waals surface area contributed by atoms with E-state index in [9.17, 15) is 14.4 Å². The number of allylic oxidation sites excluding steroid dienone is 4. The van der Waals surface area contributed by atoms with Crippen LogP contribution in [0.5, 0.6) is 0 Å². The van der Waals surface area contributed by atoms with Gasteiger partial charge >= 0.3 is 0 Å². The molecule has 4 aliphatic rings. The summed E-state index contributed by atoms with van der Waals surface area (Å²) in [7, 11) is 0. The normalized spacial score (nSPS) is 46.9. The van der Waals surface area contributed by atoms with Gasteiger partial charge in [0.1, 0.15) is 5.78 Å². The number of carbonyl (C=O) groups excluding carboxylic acids is 3. The fourth-order valence-electron chi connectivity index (χ4n) is 6.58. The van der Waals surface area contributed by atoms with E-state index in [1.807, 2.05) is 0 Å². The molecular formula is C21H26O3. The fourth-order valence-corrected chi connectivity index (χ4v) is 6.58. The van der Waals surface area contributed by atoms with Crippen LogP contribution in [0.25, 0.3) is 0 Å². The Kier molecular flexibility index (Phi) is 3.33. The van der Waals surface area contributed by atoms with Crippen molar-refractivity contribution in [3.63, 3.8) is 0 Å². The molecule has 24 heavy (non-hydrogen) atoms. The van der Waals surface area contributed by atoms with Gasteiger partial charge < -0.3 is 0 Å². The molecule has 0 spiro atoms. The fraction of sp³-hybridized carbons (Fsp3) is 0.667. The van der Waals surface area contributed by atoms with E-state index in [-0.39, 0.29) is 28.3 Å². The van der Waals surface area contributed by atoms with Gasteiger partial charge in [0.15, 0.2) is 0 Å². The van der Waals surface area contributed by atoms with E-state index in [0.717, 1.165) is 31.3 Å². The molecule has 3 heteroatoms. The number of rotatable bonds is 1. The topological polar surface area (TPSA) is 51.2 Å². The van der Waals surface area contributed by atoms with Crippen LogP contribution in [0.1, 0.15) is 52.9 Å². The van der Waals surface area contributed by atoms with E-state index < -0.39 is 0 Å². The summed E-state index contributed by atoms with van der Waals surface area (Å²) in [5.74, 6) is 1.30. The molecule has 0 unspecified atom stereocenters. The van der Waals surface area contributed by atoms with Crippen molar-refractivity contribution in [1.29, 1.82) is 0 Å². The predicted molar refractivity (Wildman–Crippen MR) is 91.2 cm³/mol. The second-order valence-electron chi connectivity index (χ2n) is 8.92. The van der Waals surface area contributed by atoms with Crippen molar-refractivity contribution in [1.82, 2.24) is 0 Å². The lowest BCUT2D eigenvalue weighted by Crippen LogP contribution is -2.50. The summed E-state index contributed by atoms with van der Waals surface area (Å²) >= 11 is 0. The predicted octanol–water partition coefficient (Wildman–Crippen LogP) is 3.68. The first-order valence-electron chi connectivity index (χ1n) is 9.25. The minimum absolute atomic E-state index is 0.101. The van der Waals surface area contributed by atoms with Gasteiger partial charge in [-0.2, -0.15) is 0 Å². The van der Waals surface area contributed by atoms with Crippen molar-refractivity contribution in [3.05, 3.63) is 23.8 Å². The minimum atomic E-state index is -0.344. The van der Waals surface area contributed by atoms with Crippen molar-refractivity contribution in [2.45, 2.75) is 52.9 Å². The van der Waals surface area contributed by atoms with E-state index in [1.165, 1.54) is 0 Å². The van der Waals surface area contributed by atoms with Crippen LogP contribution in [0.2, 0.25) is 0 Å². The van der Waals surface area contributed by atoms with Gasteiger partial charge in [0.05, 0.1) is 0 Å². The second kappa shape index (κ2) is 5.00. The van der Waals surface area contributed by atoms with Crippen LogP contribution in [-0.2, 0) is 14.4 Å². The molecule has 0 aromatic heterocycles. The molecule has 2 fully saturated rings. The zero-order valence-corrected chi connectivity index (χ0v) is 14.8. The Labute approximate surface area is 143 Å². The lowest BCUT2D eigenvalue weighted by atomic mass is 9.48. The van der Waals surface area contributed by atoms with Crippen LogP contribution in [0, 0.1) is 34.5 Å². The number of fused-ring (bicyclic) bond motifs is 5. The number of ketones is 3. The summed E-state index contributed by atoms with van der Waals surface area (Å²) in [5.41, 5.74) is 0.932. The molecule has 0 amide bonds. The van der Waals surface area contributed by atoms with Gasteiger partial charge in [-0.25, -0.2) is 0 Å². The minimum Gasteiger partial charge on any atom is -0.300 e. The maximum absolute atomic E-state index is 12.1. The zero-order valence-electron chi connectivity index (χ0n) is 14.8. The summed E-state index contributed by atoms with van der Waals surface area (Å²) in [6, 6.07) is 0. The second-order valence-corrected chi connectivity index (χ2v) is 8.92. The molecule has 0 saturated heterocycles. The number of Topliss-reactive ketones (excluding diaryl/α,β-unsaturated/α-hetero) is 2. The Balaban J connectivity index is 1.74. The number of hydrogen-bond acceptors (Lipinski definition) is 3. The third-order valence-electron chi connectivity index (χ3n) is 7.89. The highest BCUT2D eigenvalue weighted by Crippen LogP contribution is 2.64. The number of carbonyl (C=O) groups is 3. The molecular weight excluding hydrogens is 300 g/mol. The maximum Gasteiger partial charge on any atom is 0.221 e. The monoisotopic (exact) mass is 326 g/mol. The van der Waals surface area contributed by atoms with Gasteiger partial charge in [-0.3, -0.25) is 14.4 Å². The van der Waals surface area contributed by atoms with Gasteiger partial charge in [0, 0.05) is 17.8 Å². The molecule has 128 valence electrons. The van der Waals surface area contributed by atoms with Gasteiger partial charge in [-0.15, -0.1) is 0 Å². The molecule has 4 aliphatic carbocycles. The lowest BCUT2D eigenvalue weighted by molar-refractivity contribution is -0.137. The summed E-state index contributed by atoms with van der Waals surface area (Å²) in [5, 5.41) is 0. The van der Waals surface area contributed by atoms with E-state index in [2.05, 4.69) is 26.0 Å². The SMILES string of the molecule is CC(=O)[C@H]1CC[C@H]2[C@@H]3C=CC4=CC(=O)C(=O)C[C@]4(C)[C@H]3CC[C@]12C. The highest BCUT2D eigenvalue weighted by atomic mass is 16.2. The van der Waals surface area contributed by atoms with Crippen LogP contribution in [0.4, 0.5) is 0 Å². The average molecular weight is 326 g/mol. The summed E-state index contributed by atoms with van der Waals surface area (Å²) < 4.78 is 0. The smallest absolute Gasteiger partial charge is 0.221 e. The van der Waals surface area contributed by atoms with Crippen molar-refractivity contribution in [2.75, 3.05) is 0 Å². The highest BCUT2D eigenvalue weighted by Gasteiger charge is 2.59. The Bertz CT molecular complexity index is 700. The van der Waals surface area contributed by atoms with E-state index in [0.29, 0.717) is 30.0 Å². The van der Waals surface area contributed by atoms with Crippen LogP contribution in [-0.4, -0.2) is 17.3 Å². The summed E-state index contributed by atoms with van der Waals surface area (Å²) in [6.45, 7) is 6.23. The summed E-state index contributed by atoms with van der Waals surface area (Å²) in [6.07, 6.45) is 10.5. The molecule has 4 rings (SSSR count). The molecule has 0 bridgehead atoms. The quantitative estimate of drug-likeness (QED) is 0.691. The van der Waals surface area contributed by atoms with Crippen molar-refractivity contribution < 1.29 is 14.4 Å². The van der Waals surface area contributed by atoms with Crippen LogP contribution < -0.4 is 0 Å². The first-order valence-corrected chi connectivity index (χ1v) is 9.25. The Morgan fingerprint density at radius 2 is 1.88 bits per heavy atom. The van der Waals surface area contributed by atoms with Crippen molar-refractivity contribution >= 4 is 17.3 Å². The Morgan fingerprint density at radius 1 is 1.12 bits per heavy atom. The average Bonchev–Trinajstić information content (AvgIpc) is 2.86. The van der Waals surface area contributed by atoms with E-state index in [1.54, 1.807) is 13.0 Å². The molecule has 0 aliphatic heterocycles. The lowest BCUT2D eigenvalue weighted by Gasteiger charge is -2.55. The third kappa shape index (κ3) is 1.93. The van der Waals surface area contributed by atoms with Gasteiger partial charge in [0.25, 0.3) is 0 Å². The molecule has 0 heterocycles. The molecule has 2 saturated carbocycles. The Morgan fingerprint density at radius 3 is 2.58 bits per heavy atom. The van der Waals surface area contributed by atoms with Gasteiger partial charge in [-0.1, -0.05) is 26.0 Å². The third-order valence-corrected chi connectivity index (χ3v) is 7.89. The van der Waals surface area contributed by atoms with E-state index >= 15 is 0 Å². The molecule has 6 atom stereocenters. The molecule has 0 aromatic rings. The highest BCUT2D eigenvalue weighted by molar-refractivity contribution is 6.42. The van der Waals surface area contributed by atoms with E-state index in [4.69, 9.17) is 0 Å². The van der Waals surface area contributed by atoms with Crippen LogP contribution in [0.3, 0.4) is 0 Å². The molecule has 0 N–H and O–H groups in total. The molecule has 0 aromatic carbocycles. The summed E-state index contributed by atoms with van der Waals surface area (Å²) in [4.78, 5) is 36.0. The van der Waals surface area contributed by atoms with Gasteiger partial charge in [0.2, 0.25) is 11.6 Å². The molecule has 3 nitrogen and oxygen atoms in total. The maximum atomic E-state index is 12.1. The molecule has 0 radical (unpaired) electrons. The van der Waals surface area contributed by atoms with Gasteiger partial charge in [-0.05, 0) is 67.4 Å². The van der Waals surface area contributed by atoms with Crippen LogP contribution >= 0.6 is 0 Å². The standard InChI is InChI=1S/C21H26O3/c1-12(22)15-6-7-16-14-5-4-13-10-18(23)19(24)11-21(13,3)17(14)8-9-20(15,16)2/h4-5,10,14-17H,6-9,11H2,1-3H3/t14-,15+,16-,17-,20+,21-/m0/s1. The first-order chi connectivity index (χ1) is 11.3. The van der Waals surface area contributed by atoms with Crippen molar-refractivity contribution in [2.24, 2.45) is 34.5 Å². The van der Waals surface area contributed by atoms with Crippen LogP contribution in [0.15, 0.2) is 23.8 Å². The largest absolute Gasteiger partial charge is 0.300 e. The Hall–Kier alpha value is -1.51. The number of hydrogen-bond donors (Lipinski definition) is 0.